The minimum atomic E-state index is -3.96. The van der Waals surface area contributed by atoms with Crippen molar-refractivity contribution < 1.29 is 27.8 Å². The highest BCUT2D eigenvalue weighted by atomic mass is 32.2. The van der Waals surface area contributed by atoms with E-state index >= 15 is 0 Å². The first-order valence-electron chi connectivity index (χ1n) is 19.0. The molecule has 1 aliphatic heterocycles. The van der Waals surface area contributed by atoms with Crippen LogP contribution in [0.1, 0.15) is 52.2 Å². The van der Waals surface area contributed by atoms with Gasteiger partial charge in [-0.05, 0) is 83.1 Å². The summed E-state index contributed by atoms with van der Waals surface area (Å²) >= 11 is 1.76. The smallest absolute Gasteiger partial charge is 0.241 e. The quantitative estimate of drug-likeness (QED) is 0.0892. The molecule has 6 aromatic rings. The number of rotatable bonds is 15. The van der Waals surface area contributed by atoms with Crippen LogP contribution in [0.2, 0.25) is 0 Å². The molecule has 0 aromatic heterocycles. The maximum Gasteiger partial charge on any atom is 0.241 e. The van der Waals surface area contributed by atoms with E-state index in [0.717, 1.165) is 50.3 Å². The number of hydrogen-bond acceptors (Lipinski definition) is 7. The molecule has 1 saturated heterocycles. The van der Waals surface area contributed by atoms with E-state index in [2.05, 4.69) is 28.2 Å². The molecule has 0 unspecified atom stereocenters. The zero-order valence-corrected chi connectivity index (χ0v) is 33.3. The van der Waals surface area contributed by atoms with Crippen LogP contribution in [0.3, 0.4) is 0 Å². The van der Waals surface area contributed by atoms with Crippen LogP contribution in [-0.2, 0) is 43.9 Å². The average Bonchev–Trinajstić information content (AvgIpc) is 3.25. The first-order valence-corrected chi connectivity index (χ1v) is 21.5. The molecule has 3 N–H and O–H groups in total. The van der Waals surface area contributed by atoms with Crippen LogP contribution in [0.4, 0.5) is 0 Å². The fourth-order valence-corrected chi connectivity index (χ4v) is 8.92. The van der Waals surface area contributed by atoms with E-state index in [9.17, 15) is 18.3 Å². The molecule has 0 bridgehead atoms. The van der Waals surface area contributed by atoms with Crippen LogP contribution in [0.5, 0.6) is 0 Å². The van der Waals surface area contributed by atoms with Gasteiger partial charge in [-0.1, -0.05) is 127 Å². The second-order valence-corrected chi connectivity index (χ2v) is 17.0. The summed E-state index contributed by atoms with van der Waals surface area (Å²) in [6.45, 7) is 2.08. The monoisotopic (exact) mass is 798 g/mol. The molecular weight excluding hydrogens is 753 g/mol. The predicted molar refractivity (Wildman–Crippen MR) is 225 cm³/mol. The van der Waals surface area contributed by atoms with Crippen LogP contribution < -0.4 is 10.0 Å². The van der Waals surface area contributed by atoms with E-state index in [0.29, 0.717) is 6.42 Å². The third-order valence-corrected chi connectivity index (χ3v) is 12.5. The Morgan fingerprint density at radius 1 is 0.737 bits per heavy atom. The van der Waals surface area contributed by atoms with Gasteiger partial charge in [0.2, 0.25) is 15.9 Å². The van der Waals surface area contributed by atoms with Gasteiger partial charge in [0.05, 0.1) is 23.7 Å². The second kappa shape index (κ2) is 18.9. The molecule has 6 aromatic carbocycles. The number of benzene rings is 6. The first kappa shape index (κ1) is 40.1. The SMILES string of the molecule is Cc1ccc(S(=O)(=O)N[C@H](Cc2ccccc2)C(=O)NCc2cccc(-c3cccc([C@H]4O[C@@H](CSc5ccccc5)C[C@@H](c5ccc(CO)cc5)O4)c3)c2)cc1. The zero-order valence-electron chi connectivity index (χ0n) is 31.7. The standard InChI is InChI=1S/C47H46N2O6S2/c1-33-18-24-43(25-19-33)57(52,53)49-44(27-34-10-4-2-5-11-34)46(51)48-30-36-12-8-13-38(26-36)39-14-9-15-40(28-39)47-54-41(32-56-42-16-6-3-7-17-42)29-45(55-47)37-22-20-35(31-50)21-23-37/h2-26,28,41,44-45,47,49-50H,27,29-32H2,1H3,(H,48,51)/t41-,44-,45+,47+/m1/s1. The van der Waals surface area contributed by atoms with Crippen molar-refractivity contribution in [2.24, 2.45) is 0 Å². The number of aliphatic hydroxyl groups excluding tert-OH is 1. The Balaban J connectivity index is 1.06. The number of thioether (sulfide) groups is 1. The van der Waals surface area contributed by atoms with E-state index in [4.69, 9.17) is 9.47 Å². The molecule has 292 valence electrons. The van der Waals surface area contributed by atoms with Gasteiger partial charge in [-0.25, -0.2) is 8.42 Å². The van der Waals surface area contributed by atoms with Gasteiger partial charge in [0.25, 0.3) is 0 Å². The van der Waals surface area contributed by atoms with E-state index < -0.39 is 28.3 Å². The van der Waals surface area contributed by atoms with Crippen molar-refractivity contribution in [3.63, 3.8) is 0 Å². The first-order chi connectivity index (χ1) is 27.7. The zero-order chi connectivity index (χ0) is 39.6. The molecule has 0 aliphatic carbocycles. The molecule has 0 saturated carbocycles. The normalized spacial score (nSPS) is 17.5. The molecule has 0 spiro atoms. The molecule has 1 amide bonds. The Hall–Kier alpha value is -5.07. The maximum absolute atomic E-state index is 13.7. The lowest BCUT2D eigenvalue weighted by atomic mass is 9.99. The lowest BCUT2D eigenvalue weighted by Gasteiger charge is -2.36. The van der Waals surface area contributed by atoms with Crippen molar-refractivity contribution in [2.45, 2.75) is 67.2 Å². The third kappa shape index (κ3) is 10.9. The van der Waals surface area contributed by atoms with Gasteiger partial charge in [-0.15, -0.1) is 11.8 Å². The summed E-state index contributed by atoms with van der Waals surface area (Å²) < 4.78 is 42.7. The number of carbonyl (C=O) groups excluding carboxylic acids is 1. The van der Waals surface area contributed by atoms with Gasteiger partial charge < -0.3 is 19.9 Å². The minimum absolute atomic E-state index is 0.0148. The summed E-state index contributed by atoms with van der Waals surface area (Å²) in [6.07, 6.45) is 0.0216. The Kier molecular flexibility index (Phi) is 13.3. The topological polar surface area (TPSA) is 114 Å². The van der Waals surface area contributed by atoms with E-state index in [1.807, 2.05) is 122 Å². The number of aryl methyl sites for hydroxylation is 1. The highest BCUT2D eigenvalue weighted by molar-refractivity contribution is 7.99. The summed E-state index contributed by atoms with van der Waals surface area (Å²) in [6, 6.07) is 49.1. The Bertz CT molecular complexity index is 2340. The van der Waals surface area contributed by atoms with E-state index in [1.165, 1.54) is 4.90 Å². The van der Waals surface area contributed by atoms with E-state index in [-0.39, 0.29) is 36.7 Å². The van der Waals surface area contributed by atoms with Crippen LogP contribution in [0.15, 0.2) is 168 Å². The van der Waals surface area contributed by atoms with Crippen molar-refractivity contribution in [1.29, 1.82) is 0 Å². The largest absolute Gasteiger partial charge is 0.392 e. The van der Waals surface area contributed by atoms with Gasteiger partial charge in [-0.2, -0.15) is 4.72 Å². The fraction of sp³-hybridized carbons (Fsp3) is 0.213. The van der Waals surface area contributed by atoms with Crippen LogP contribution >= 0.6 is 11.8 Å². The number of ether oxygens (including phenoxy) is 2. The number of aliphatic hydroxyl groups is 1. The summed E-state index contributed by atoms with van der Waals surface area (Å²) in [5.41, 5.74) is 7.33. The summed E-state index contributed by atoms with van der Waals surface area (Å²) in [7, 11) is -3.96. The summed E-state index contributed by atoms with van der Waals surface area (Å²) in [4.78, 5) is 15.0. The molecule has 8 nitrogen and oxygen atoms in total. The van der Waals surface area contributed by atoms with Crippen molar-refractivity contribution in [1.82, 2.24) is 10.0 Å². The number of sulfonamides is 1. The molecule has 1 heterocycles. The number of carbonyl (C=O) groups is 1. The lowest BCUT2D eigenvalue weighted by molar-refractivity contribution is -0.245. The predicted octanol–water partition coefficient (Wildman–Crippen LogP) is 8.70. The van der Waals surface area contributed by atoms with Gasteiger partial charge in [0.15, 0.2) is 6.29 Å². The number of hydrogen-bond donors (Lipinski definition) is 3. The molecule has 1 aliphatic rings. The lowest BCUT2D eigenvalue weighted by Crippen LogP contribution is -2.47. The second-order valence-electron chi connectivity index (χ2n) is 14.2. The van der Waals surface area contributed by atoms with Gasteiger partial charge >= 0.3 is 0 Å². The highest BCUT2D eigenvalue weighted by Gasteiger charge is 2.32. The van der Waals surface area contributed by atoms with E-state index in [1.54, 1.807) is 36.0 Å². The van der Waals surface area contributed by atoms with Crippen molar-refractivity contribution >= 4 is 27.7 Å². The summed E-state index contributed by atoms with van der Waals surface area (Å²) in [5, 5.41) is 12.6. The highest BCUT2D eigenvalue weighted by Crippen LogP contribution is 2.40. The van der Waals surface area contributed by atoms with Gasteiger partial charge in [0, 0.05) is 29.2 Å². The molecule has 1 fully saturated rings. The van der Waals surface area contributed by atoms with Crippen molar-refractivity contribution in [2.75, 3.05) is 5.75 Å². The van der Waals surface area contributed by atoms with Gasteiger partial charge in [0.1, 0.15) is 6.04 Å². The Labute approximate surface area is 339 Å². The summed E-state index contributed by atoms with van der Waals surface area (Å²) in [5.74, 6) is 0.344. The number of nitrogens with one attached hydrogen (secondary N) is 2. The van der Waals surface area contributed by atoms with Gasteiger partial charge in [-0.3, -0.25) is 4.79 Å². The Morgan fingerprint density at radius 2 is 1.40 bits per heavy atom. The average molecular weight is 799 g/mol. The van der Waals surface area contributed by atoms with Crippen LogP contribution in [-0.4, -0.2) is 37.3 Å². The Morgan fingerprint density at radius 3 is 2.12 bits per heavy atom. The molecule has 57 heavy (non-hydrogen) atoms. The van der Waals surface area contributed by atoms with Crippen LogP contribution in [0, 0.1) is 6.92 Å². The van der Waals surface area contributed by atoms with Crippen LogP contribution in [0.25, 0.3) is 11.1 Å². The molecule has 4 atom stereocenters. The van der Waals surface area contributed by atoms with Crippen molar-refractivity contribution in [3.8, 4) is 11.1 Å². The molecular formula is C47H46N2O6S2. The minimum Gasteiger partial charge on any atom is -0.392 e. The number of amides is 1. The molecule has 7 rings (SSSR count). The molecule has 0 radical (unpaired) electrons. The van der Waals surface area contributed by atoms with Crippen molar-refractivity contribution in [3.05, 3.63) is 191 Å². The molecule has 10 heteroatoms. The fourth-order valence-electron chi connectivity index (χ4n) is 6.78. The third-order valence-electron chi connectivity index (χ3n) is 9.91. The maximum atomic E-state index is 13.7.